The van der Waals surface area contributed by atoms with Gasteiger partial charge in [-0.1, -0.05) is 0 Å². The van der Waals surface area contributed by atoms with Gasteiger partial charge in [-0.05, 0) is 12.8 Å². The maximum Gasteiger partial charge on any atom is 0.128 e. The highest BCUT2D eigenvalue weighted by molar-refractivity contribution is 4.47. The maximum atomic E-state index is 5.45. The summed E-state index contributed by atoms with van der Waals surface area (Å²) in [6, 6.07) is 0. The first kappa shape index (κ1) is 15.9. The van der Waals surface area contributed by atoms with Crippen LogP contribution < -0.4 is 0 Å². The van der Waals surface area contributed by atoms with Crippen LogP contribution in [0.1, 0.15) is 12.8 Å². The molecule has 4 nitrogen and oxygen atoms in total. The molecule has 4 heteroatoms. The monoisotopic (exact) mass is 260 g/mol. The van der Waals surface area contributed by atoms with E-state index in [-0.39, 0.29) is 0 Å². The van der Waals surface area contributed by atoms with Crippen molar-refractivity contribution in [3.63, 3.8) is 0 Å². The molecule has 0 bridgehead atoms. The second-order valence-corrected chi connectivity index (χ2v) is 6.49. The predicted molar refractivity (Wildman–Crippen MR) is 74.6 cm³/mol. The lowest BCUT2D eigenvalue weighted by Gasteiger charge is -2.40. The Morgan fingerprint density at radius 3 is 2.39 bits per heavy atom. The summed E-state index contributed by atoms with van der Waals surface area (Å²) in [6.45, 7) is 8.86. The van der Waals surface area contributed by atoms with E-state index < -0.39 is 0 Å². The number of unbranched alkanes of at least 4 members (excludes halogenated alkanes) is 1. The van der Waals surface area contributed by atoms with Crippen molar-refractivity contribution >= 4 is 0 Å². The molecule has 1 aliphatic heterocycles. The molecule has 0 N–H and O–H groups in total. The first-order valence-electron chi connectivity index (χ1n) is 7.20. The fourth-order valence-corrected chi connectivity index (χ4v) is 2.42. The molecule has 1 saturated heterocycles. The molecule has 0 atom stereocenters. The largest absolute Gasteiger partial charge is 0.385 e. The summed E-state index contributed by atoms with van der Waals surface area (Å²) >= 11 is 0. The Bertz CT molecular complexity index is 226. The molecule has 0 aliphatic carbocycles. The highest BCUT2D eigenvalue weighted by Gasteiger charge is 2.28. The van der Waals surface area contributed by atoms with Crippen LogP contribution in [0.3, 0.4) is 0 Å². The zero-order valence-electron chi connectivity index (χ0n) is 12.8. The van der Waals surface area contributed by atoms with E-state index >= 15 is 0 Å². The van der Waals surface area contributed by atoms with E-state index in [4.69, 9.17) is 9.47 Å². The van der Waals surface area contributed by atoms with Crippen LogP contribution in [0.2, 0.25) is 0 Å². The Balaban J connectivity index is 2.22. The second-order valence-electron chi connectivity index (χ2n) is 6.49. The standard InChI is InChI=1S/C14H32N2O2/c1-15(2,7-5-6-12-17-4)8-9-16(3)10-13-18-14-11-16/h5-14H2,1-4H3/q+2. The van der Waals surface area contributed by atoms with Crippen molar-refractivity contribution in [3.8, 4) is 0 Å². The summed E-state index contributed by atoms with van der Waals surface area (Å²) in [5.41, 5.74) is 0. The lowest BCUT2D eigenvalue weighted by Crippen LogP contribution is -2.57. The zero-order chi connectivity index (χ0) is 13.5. The number of quaternary nitrogens is 2. The molecular formula is C14H32N2O2+2. The summed E-state index contributed by atoms with van der Waals surface area (Å²) in [4.78, 5) is 0. The fraction of sp³-hybridized carbons (Fsp3) is 1.00. The van der Waals surface area contributed by atoms with Crippen molar-refractivity contribution in [2.24, 2.45) is 0 Å². The van der Waals surface area contributed by atoms with Gasteiger partial charge < -0.3 is 18.4 Å². The minimum absolute atomic E-state index is 0.894. The molecule has 0 saturated carbocycles. The van der Waals surface area contributed by atoms with Gasteiger partial charge in [0.25, 0.3) is 0 Å². The minimum Gasteiger partial charge on any atom is -0.385 e. The average molecular weight is 260 g/mol. The van der Waals surface area contributed by atoms with Gasteiger partial charge in [-0.2, -0.15) is 0 Å². The van der Waals surface area contributed by atoms with Crippen LogP contribution in [0.4, 0.5) is 0 Å². The van der Waals surface area contributed by atoms with Crippen LogP contribution in [-0.2, 0) is 9.47 Å². The summed E-state index contributed by atoms with van der Waals surface area (Å²) < 4.78 is 12.9. The Labute approximate surface area is 113 Å². The number of ether oxygens (including phenoxy) is 2. The quantitative estimate of drug-likeness (QED) is 0.478. The molecule has 1 fully saturated rings. The van der Waals surface area contributed by atoms with Gasteiger partial charge in [0.2, 0.25) is 0 Å². The van der Waals surface area contributed by atoms with E-state index in [9.17, 15) is 0 Å². The van der Waals surface area contributed by atoms with E-state index in [1.54, 1.807) is 7.11 Å². The van der Waals surface area contributed by atoms with Gasteiger partial charge in [0.05, 0.1) is 40.9 Å². The Kier molecular flexibility index (Phi) is 6.57. The van der Waals surface area contributed by atoms with Crippen LogP contribution in [0, 0.1) is 0 Å². The minimum atomic E-state index is 0.894. The van der Waals surface area contributed by atoms with E-state index in [1.165, 1.54) is 50.0 Å². The molecule has 0 radical (unpaired) electrons. The second kappa shape index (κ2) is 7.43. The summed E-state index contributed by atoms with van der Waals surface area (Å²) in [6.07, 6.45) is 2.44. The first-order chi connectivity index (χ1) is 8.47. The number of nitrogens with zero attached hydrogens (tertiary/aromatic N) is 2. The Morgan fingerprint density at radius 2 is 1.78 bits per heavy atom. The van der Waals surface area contributed by atoms with Gasteiger partial charge in [0.15, 0.2) is 0 Å². The van der Waals surface area contributed by atoms with Crippen LogP contribution in [0.5, 0.6) is 0 Å². The van der Waals surface area contributed by atoms with Crippen molar-refractivity contribution in [3.05, 3.63) is 0 Å². The molecule has 0 amide bonds. The maximum absolute atomic E-state index is 5.45. The predicted octanol–water partition coefficient (Wildman–Crippen LogP) is 0.966. The third-order valence-corrected chi connectivity index (χ3v) is 4.16. The molecule has 18 heavy (non-hydrogen) atoms. The Hall–Kier alpha value is -0.160. The average Bonchev–Trinajstić information content (AvgIpc) is 2.34. The molecule has 108 valence electrons. The normalized spacial score (nSPS) is 20.0. The van der Waals surface area contributed by atoms with Gasteiger partial charge in [0, 0.05) is 13.7 Å². The van der Waals surface area contributed by atoms with Gasteiger partial charge >= 0.3 is 0 Å². The molecule has 0 aromatic carbocycles. The zero-order valence-corrected chi connectivity index (χ0v) is 12.8. The molecular weight excluding hydrogens is 228 g/mol. The van der Waals surface area contributed by atoms with Crippen LogP contribution in [-0.4, -0.2) is 89.8 Å². The first-order valence-corrected chi connectivity index (χ1v) is 7.20. The van der Waals surface area contributed by atoms with Gasteiger partial charge in [-0.25, -0.2) is 0 Å². The van der Waals surface area contributed by atoms with Gasteiger partial charge in [0.1, 0.15) is 26.2 Å². The number of methoxy groups -OCH3 is 1. The SMILES string of the molecule is COCCCC[N+](C)(C)CC[N+]1(C)CCOCC1. The number of likely N-dealkylation sites (N-methyl/N-ethyl adjacent to an activating group) is 2. The van der Waals surface area contributed by atoms with Crippen molar-refractivity contribution in [2.45, 2.75) is 12.8 Å². The molecule has 1 heterocycles. The highest BCUT2D eigenvalue weighted by atomic mass is 16.5. The molecule has 0 unspecified atom stereocenters. The van der Waals surface area contributed by atoms with E-state index in [0.29, 0.717) is 0 Å². The van der Waals surface area contributed by atoms with Gasteiger partial charge in [-0.15, -0.1) is 0 Å². The number of hydrogen-bond donors (Lipinski definition) is 0. The van der Waals surface area contributed by atoms with Crippen LogP contribution >= 0.6 is 0 Å². The summed E-state index contributed by atoms with van der Waals surface area (Å²) in [7, 11) is 8.84. The molecule has 0 spiro atoms. The van der Waals surface area contributed by atoms with E-state index in [2.05, 4.69) is 21.1 Å². The lowest BCUT2D eigenvalue weighted by atomic mass is 10.2. The summed E-state index contributed by atoms with van der Waals surface area (Å²) in [5, 5.41) is 0. The van der Waals surface area contributed by atoms with Crippen LogP contribution in [0.15, 0.2) is 0 Å². The summed E-state index contributed by atoms with van der Waals surface area (Å²) in [5.74, 6) is 0. The van der Waals surface area contributed by atoms with E-state index in [0.717, 1.165) is 24.3 Å². The third kappa shape index (κ3) is 6.14. The molecule has 1 aliphatic rings. The highest BCUT2D eigenvalue weighted by Crippen LogP contribution is 2.10. The van der Waals surface area contributed by atoms with E-state index in [1.807, 2.05) is 0 Å². The Morgan fingerprint density at radius 1 is 1.11 bits per heavy atom. The molecule has 0 aromatic heterocycles. The van der Waals surface area contributed by atoms with Crippen molar-refractivity contribution in [1.29, 1.82) is 0 Å². The third-order valence-electron chi connectivity index (χ3n) is 4.16. The fourth-order valence-electron chi connectivity index (χ4n) is 2.42. The van der Waals surface area contributed by atoms with Gasteiger partial charge in [-0.3, -0.25) is 0 Å². The van der Waals surface area contributed by atoms with Crippen LogP contribution in [0.25, 0.3) is 0 Å². The number of rotatable bonds is 8. The topological polar surface area (TPSA) is 18.5 Å². The number of morpholine rings is 1. The van der Waals surface area contributed by atoms with Crippen molar-refractivity contribution in [2.75, 3.05) is 80.8 Å². The van der Waals surface area contributed by atoms with Crippen molar-refractivity contribution in [1.82, 2.24) is 0 Å². The van der Waals surface area contributed by atoms with Crippen molar-refractivity contribution < 1.29 is 18.4 Å². The molecule has 0 aromatic rings. The lowest BCUT2D eigenvalue weighted by molar-refractivity contribution is -0.959. The smallest absolute Gasteiger partial charge is 0.128 e. The number of hydrogen-bond acceptors (Lipinski definition) is 2. The molecule has 1 rings (SSSR count).